The molecule has 0 saturated heterocycles. The van der Waals surface area contributed by atoms with Crippen molar-refractivity contribution in [1.82, 2.24) is 9.55 Å². The van der Waals surface area contributed by atoms with Gasteiger partial charge in [-0.2, -0.15) is 21.6 Å². The molecule has 0 unspecified atom stereocenters. The quantitative estimate of drug-likeness (QED) is 0.699. The van der Waals surface area contributed by atoms with Gasteiger partial charge in [0.25, 0.3) is 0 Å². The number of hydrogen-bond acceptors (Lipinski definition) is 3. The van der Waals surface area contributed by atoms with E-state index in [0.717, 1.165) is 0 Å². The molecule has 0 saturated carbocycles. The number of benzene rings is 2. The van der Waals surface area contributed by atoms with Gasteiger partial charge in [0, 0.05) is 18.0 Å². The monoisotopic (exact) mass is 367 g/mol. The van der Waals surface area contributed by atoms with Crippen molar-refractivity contribution in [3.05, 3.63) is 60.2 Å². The van der Waals surface area contributed by atoms with Crippen LogP contribution in [0, 0.1) is 0 Å². The Kier molecular flexibility index (Phi) is 4.11. The number of aromatic nitrogens is 2. The van der Waals surface area contributed by atoms with Gasteiger partial charge in [-0.15, -0.1) is 4.40 Å². The zero-order chi connectivity index (χ0) is 18.2. The molecule has 0 spiro atoms. The Balaban J connectivity index is 2.42. The first-order chi connectivity index (χ1) is 11.7. The van der Waals surface area contributed by atoms with E-state index in [4.69, 9.17) is 0 Å². The minimum absolute atomic E-state index is 0.352. The average molecular weight is 367 g/mol. The number of halogens is 3. The highest BCUT2D eigenvalue weighted by Crippen LogP contribution is 2.26. The van der Waals surface area contributed by atoms with Crippen molar-refractivity contribution in [2.45, 2.75) is 5.51 Å². The molecule has 2 aromatic carbocycles. The zero-order valence-corrected chi connectivity index (χ0v) is 13.7. The lowest BCUT2D eigenvalue weighted by molar-refractivity contribution is -0.0436. The van der Waals surface area contributed by atoms with Crippen LogP contribution in [-0.4, -0.2) is 23.5 Å². The van der Waals surface area contributed by atoms with Crippen LogP contribution in [0.1, 0.15) is 0 Å². The number of sulfonamides is 1. The fraction of sp³-hybridized carbons (Fsp3) is 0.125. The topological polar surface area (TPSA) is 64.3 Å². The summed E-state index contributed by atoms with van der Waals surface area (Å²) in [5.74, 6) is 0. The third-order valence-electron chi connectivity index (χ3n) is 3.57. The second kappa shape index (κ2) is 5.99. The smallest absolute Gasteiger partial charge is 0.312 e. The van der Waals surface area contributed by atoms with Gasteiger partial charge < -0.3 is 4.57 Å². The average Bonchev–Trinajstić information content (AvgIpc) is 2.57. The van der Waals surface area contributed by atoms with E-state index in [-0.39, 0.29) is 0 Å². The van der Waals surface area contributed by atoms with Crippen LogP contribution in [0.25, 0.3) is 22.2 Å². The maximum Gasteiger partial charge on any atom is 0.518 e. The third kappa shape index (κ3) is 3.14. The van der Waals surface area contributed by atoms with Gasteiger partial charge in [0.05, 0.1) is 11.2 Å². The number of alkyl halides is 3. The largest absolute Gasteiger partial charge is 0.518 e. The van der Waals surface area contributed by atoms with Crippen molar-refractivity contribution < 1.29 is 21.6 Å². The third-order valence-corrected chi connectivity index (χ3v) is 4.56. The van der Waals surface area contributed by atoms with Gasteiger partial charge in [0.15, 0.2) is 0 Å². The number of hydrogen-bond donors (Lipinski definition) is 0. The molecule has 0 aliphatic carbocycles. The summed E-state index contributed by atoms with van der Waals surface area (Å²) >= 11 is 0. The SMILES string of the molecule is Cn1/c(=N\S(=O)(=O)C(F)(F)F)nc(-c2ccccc2)c2ccccc21. The summed E-state index contributed by atoms with van der Waals surface area (Å²) in [6.07, 6.45) is 0. The fourth-order valence-electron chi connectivity index (χ4n) is 2.37. The van der Waals surface area contributed by atoms with Crippen LogP contribution in [-0.2, 0) is 17.1 Å². The van der Waals surface area contributed by atoms with Crippen molar-refractivity contribution in [3.8, 4) is 11.3 Å². The van der Waals surface area contributed by atoms with Crippen LogP contribution in [0.4, 0.5) is 13.2 Å². The van der Waals surface area contributed by atoms with Crippen LogP contribution in [0.3, 0.4) is 0 Å². The molecule has 1 heterocycles. The minimum atomic E-state index is -5.70. The molecule has 0 fully saturated rings. The lowest BCUT2D eigenvalue weighted by Gasteiger charge is -2.11. The van der Waals surface area contributed by atoms with Gasteiger partial charge >= 0.3 is 15.5 Å². The Morgan fingerprint density at radius 2 is 1.60 bits per heavy atom. The molecule has 0 amide bonds. The van der Waals surface area contributed by atoms with Crippen LogP contribution in [0.2, 0.25) is 0 Å². The summed E-state index contributed by atoms with van der Waals surface area (Å²) < 4.78 is 64.9. The minimum Gasteiger partial charge on any atom is -0.312 e. The molecule has 130 valence electrons. The first kappa shape index (κ1) is 17.2. The van der Waals surface area contributed by atoms with Crippen molar-refractivity contribution in [2.24, 2.45) is 11.4 Å². The number of rotatable bonds is 2. The Hall–Kier alpha value is -2.68. The first-order valence-electron chi connectivity index (χ1n) is 7.09. The number of aryl methyl sites for hydroxylation is 1. The Labute approximate surface area is 141 Å². The normalized spacial score (nSPS) is 13.4. The maximum absolute atomic E-state index is 12.7. The van der Waals surface area contributed by atoms with E-state index in [1.807, 2.05) is 0 Å². The molecule has 5 nitrogen and oxygen atoms in total. The molecule has 0 aliphatic rings. The lowest BCUT2D eigenvalue weighted by Crippen LogP contribution is -2.29. The summed E-state index contributed by atoms with van der Waals surface area (Å²) in [5, 5.41) is 0.666. The summed E-state index contributed by atoms with van der Waals surface area (Å²) in [5.41, 5.74) is -4.53. The standard InChI is InChI=1S/C16H12F3N3O2S/c1-22-13-10-6-5-9-12(13)14(11-7-3-2-4-8-11)20-15(22)21-25(23,24)16(17,18)19/h2-10H,1H3/b21-15-. The molecule has 0 aliphatic heterocycles. The molecule has 9 heteroatoms. The number of fused-ring (bicyclic) bond motifs is 1. The first-order valence-corrected chi connectivity index (χ1v) is 8.53. The molecular formula is C16H12F3N3O2S. The molecule has 0 bridgehead atoms. The van der Waals surface area contributed by atoms with E-state index in [9.17, 15) is 21.6 Å². The predicted molar refractivity (Wildman–Crippen MR) is 86.7 cm³/mol. The van der Waals surface area contributed by atoms with Crippen LogP contribution < -0.4 is 5.62 Å². The molecular weight excluding hydrogens is 355 g/mol. The lowest BCUT2D eigenvalue weighted by atomic mass is 10.1. The Morgan fingerprint density at radius 3 is 2.24 bits per heavy atom. The number of nitrogens with zero attached hydrogens (tertiary/aromatic N) is 3. The van der Waals surface area contributed by atoms with Gasteiger partial charge in [-0.25, -0.2) is 4.98 Å². The summed E-state index contributed by atoms with van der Waals surface area (Å²) in [6, 6.07) is 15.6. The highest BCUT2D eigenvalue weighted by Gasteiger charge is 2.46. The van der Waals surface area contributed by atoms with Crippen molar-refractivity contribution >= 4 is 20.9 Å². The Bertz CT molecular complexity index is 1100. The van der Waals surface area contributed by atoms with Gasteiger partial charge in [-0.1, -0.05) is 48.5 Å². The van der Waals surface area contributed by atoms with E-state index in [1.54, 1.807) is 54.6 Å². The molecule has 0 atom stereocenters. The molecule has 0 N–H and O–H groups in total. The van der Waals surface area contributed by atoms with E-state index in [0.29, 0.717) is 22.2 Å². The summed E-state index contributed by atoms with van der Waals surface area (Å²) in [6.45, 7) is 0. The molecule has 1 aromatic heterocycles. The van der Waals surface area contributed by atoms with Crippen LogP contribution in [0.5, 0.6) is 0 Å². The van der Waals surface area contributed by atoms with Gasteiger partial charge in [-0.3, -0.25) is 0 Å². The second-order valence-corrected chi connectivity index (χ2v) is 6.81. The van der Waals surface area contributed by atoms with Crippen LogP contribution in [0.15, 0.2) is 59.0 Å². The zero-order valence-electron chi connectivity index (χ0n) is 12.9. The molecule has 3 rings (SSSR count). The van der Waals surface area contributed by atoms with E-state index < -0.39 is 21.1 Å². The molecule has 25 heavy (non-hydrogen) atoms. The fourth-order valence-corrected chi connectivity index (χ4v) is 2.85. The molecule has 3 aromatic rings. The number of para-hydroxylation sites is 1. The maximum atomic E-state index is 12.7. The van der Waals surface area contributed by atoms with Crippen molar-refractivity contribution in [1.29, 1.82) is 0 Å². The van der Waals surface area contributed by atoms with Crippen molar-refractivity contribution in [2.75, 3.05) is 0 Å². The van der Waals surface area contributed by atoms with Crippen molar-refractivity contribution in [3.63, 3.8) is 0 Å². The van der Waals surface area contributed by atoms with E-state index in [2.05, 4.69) is 9.38 Å². The predicted octanol–water partition coefficient (Wildman–Crippen LogP) is 2.99. The van der Waals surface area contributed by atoms with E-state index in [1.165, 1.54) is 11.6 Å². The highest BCUT2D eigenvalue weighted by atomic mass is 32.2. The molecule has 0 radical (unpaired) electrons. The summed E-state index contributed by atoms with van der Waals surface area (Å²) in [4.78, 5) is 4.09. The Morgan fingerprint density at radius 1 is 1.00 bits per heavy atom. The highest BCUT2D eigenvalue weighted by molar-refractivity contribution is 7.90. The summed E-state index contributed by atoms with van der Waals surface area (Å²) in [7, 11) is -4.29. The second-order valence-electron chi connectivity index (χ2n) is 5.21. The van der Waals surface area contributed by atoms with Gasteiger partial charge in [0.1, 0.15) is 0 Å². The van der Waals surface area contributed by atoms with E-state index >= 15 is 0 Å². The van der Waals surface area contributed by atoms with Gasteiger partial charge in [0.2, 0.25) is 5.62 Å². The van der Waals surface area contributed by atoms with Crippen LogP contribution >= 0.6 is 0 Å². The van der Waals surface area contributed by atoms with Gasteiger partial charge in [-0.05, 0) is 6.07 Å².